The molecule has 0 unspecified atom stereocenters. The lowest BCUT2D eigenvalue weighted by molar-refractivity contribution is -0.254. The summed E-state index contributed by atoms with van der Waals surface area (Å²) in [5.74, 6) is -2.43. The van der Waals surface area contributed by atoms with Crippen molar-refractivity contribution in [2.24, 2.45) is 5.41 Å². The number of carbonyl (C=O) groups excluding carboxylic acids is 3. The van der Waals surface area contributed by atoms with E-state index in [0.717, 1.165) is 5.56 Å². The van der Waals surface area contributed by atoms with Crippen LogP contribution in [0, 0.1) is 5.41 Å². The van der Waals surface area contributed by atoms with E-state index in [0.29, 0.717) is 5.75 Å². The fourth-order valence-electron chi connectivity index (χ4n) is 3.47. The normalized spacial score (nSPS) is 25.1. The van der Waals surface area contributed by atoms with Crippen molar-refractivity contribution in [1.82, 2.24) is 0 Å². The molecule has 24 heavy (non-hydrogen) atoms. The van der Waals surface area contributed by atoms with Crippen LogP contribution in [0.2, 0.25) is 0 Å². The largest absolute Gasteiger partial charge is 0.497 e. The van der Waals surface area contributed by atoms with Gasteiger partial charge in [-0.1, -0.05) is 12.1 Å². The zero-order valence-corrected chi connectivity index (χ0v) is 14.0. The Morgan fingerprint density at radius 3 is 2.17 bits per heavy atom. The molecule has 3 rings (SSSR count). The number of carbonyl (C=O) groups is 3. The predicted molar refractivity (Wildman–Crippen MR) is 83.3 cm³/mol. The van der Waals surface area contributed by atoms with E-state index in [2.05, 4.69) is 0 Å². The molecule has 1 aliphatic carbocycles. The Bertz CT molecular complexity index is 668. The van der Waals surface area contributed by atoms with Gasteiger partial charge in [0.1, 0.15) is 11.5 Å². The summed E-state index contributed by atoms with van der Waals surface area (Å²) in [5.41, 5.74) is -0.740. The lowest BCUT2D eigenvalue weighted by Gasteiger charge is -2.45. The van der Waals surface area contributed by atoms with Crippen LogP contribution in [0.4, 0.5) is 0 Å². The van der Waals surface area contributed by atoms with Gasteiger partial charge in [0, 0.05) is 32.6 Å². The van der Waals surface area contributed by atoms with Crippen molar-refractivity contribution in [2.75, 3.05) is 7.11 Å². The first kappa shape index (κ1) is 16.5. The number of rotatable bonds is 2. The van der Waals surface area contributed by atoms with Gasteiger partial charge >= 0.3 is 11.9 Å². The van der Waals surface area contributed by atoms with Crippen molar-refractivity contribution in [3.05, 3.63) is 29.8 Å². The van der Waals surface area contributed by atoms with E-state index in [1.165, 1.54) is 13.8 Å². The molecule has 128 valence electrons. The summed E-state index contributed by atoms with van der Waals surface area (Å²) in [6.45, 7) is 3.04. The molecule has 0 radical (unpaired) electrons. The number of hydrogen-bond donors (Lipinski definition) is 0. The molecule has 1 saturated heterocycles. The van der Waals surface area contributed by atoms with E-state index in [-0.39, 0.29) is 25.0 Å². The quantitative estimate of drug-likeness (QED) is 0.611. The molecule has 0 N–H and O–H groups in total. The van der Waals surface area contributed by atoms with Crippen LogP contribution in [0.15, 0.2) is 24.3 Å². The Balaban J connectivity index is 2.04. The summed E-state index contributed by atoms with van der Waals surface area (Å²) in [4.78, 5) is 37.5. The lowest BCUT2D eigenvalue weighted by atomic mass is 9.63. The molecule has 1 heterocycles. The molecule has 0 aromatic heterocycles. The van der Waals surface area contributed by atoms with Gasteiger partial charge < -0.3 is 14.2 Å². The number of ether oxygens (including phenoxy) is 3. The molecule has 1 saturated carbocycles. The predicted octanol–water partition coefficient (Wildman–Crippen LogP) is 2.35. The first-order valence-corrected chi connectivity index (χ1v) is 7.91. The molecule has 2 aliphatic rings. The standard InChI is InChI=1S/C18H20O6/c1-17(2)23-15(20)18(16(21)24-17)9-8-12(19)10-14(18)11-4-6-13(22-3)7-5-11/h4-7,14H,8-10H2,1-3H3/t14-/m1/s1. The van der Waals surface area contributed by atoms with Gasteiger partial charge in [0.05, 0.1) is 7.11 Å². The van der Waals surface area contributed by atoms with Crippen LogP contribution in [0.1, 0.15) is 44.6 Å². The second-order valence-electron chi connectivity index (χ2n) is 6.72. The molecule has 6 nitrogen and oxygen atoms in total. The monoisotopic (exact) mass is 332 g/mol. The van der Waals surface area contributed by atoms with Gasteiger partial charge in [0.25, 0.3) is 5.79 Å². The third-order valence-corrected chi connectivity index (χ3v) is 4.75. The van der Waals surface area contributed by atoms with E-state index in [9.17, 15) is 14.4 Å². The first-order chi connectivity index (χ1) is 11.3. The molecule has 0 amide bonds. The van der Waals surface area contributed by atoms with Crippen LogP contribution in [-0.2, 0) is 23.9 Å². The molecule has 1 atom stereocenters. The van der Waals surface area contributed by atoms with Crippen LogP contribution in [0.25, 0.3) is 0 Å². The van der Waals surface area contributed by atoms with Gasteiger partial charge in [0.15, 0.2) is 5.41 Å². The average Bonchev–Trinajstić information content (AvgIpc) is 2.53. The third kappa shape index (κ3) is 2.56. The molecular formula is C18H20O6. The lowest BCUT2D eigenvalue weighted by Crippen LogP contribution is -2.58. The fourth-order valence-corrected chi connectivity index (χ4v) is 3.47. The van der Waals surface area contributed by atoms with Crippen LogP contribution in [0.3, 0.4) is 0 Å². The summed E-state index contributed by atoms with van der Waals surface area (Å²) in [6.07, 6.45) is 0.379. The fraction of sp³-hybridized carbons (Fsp3) is 0.500. The maximum absolute atomic E-state index is 12.8. The minimum Gasteiger partial charge on any atom is -0.497 e. The molecule has 1 spiro atoms. The highest BCUT2D eigenvalue weighted by Crippen LogP contribution is 2.51. The van der Waals surface area contributed by atoms with Crippen molar-refractivity contribution in [3.8, 4) is 5.75 Å². The number of hydrogen-bond acceptors (Lipinski definition) is 6. The van der Waals surface area contributed by atoms with Crippen LogP contribution < -0.4 is 4.74 Å². The van der Waals surface area contributed by atoms with Gasteiger partial charge in [-0.2, -0.15) is 0 Å². The van der Waals surface area contributed by atoms with Gasteiger partial charge in [-0.05, 0) is 24.1 Å². The van der Waals surface area contributed by atoms with Crippen molar-refractivity contribution in [1.29, 1.82) is 0 Å². The van der Waals surface area contributed by atoms with Gasteiger partial charge in [0.2, 0.25) is 0 Å². The van der Waals surface area contributed by atoms with E-state index < -0.39 is 29.1 Å². The molecule has 2 fully saturated rings. The molecule has 1 aromatic rings. The molecule has 6 heteroatoms. The van der Waals surface area contributed by atoms with Crippen molar-refractivity contribution >= 4 is 17.7 Å². The highest BCUT2D eigenvalue weighted by molar-refractivity contribution is 6.05. The Hall–Kier alpha value is -2.37. The summed E-state index contributed by atoms with van der Waals surface area (Å²) >= 11 is 0. The van der Waals surface area contributed by atoms with Crippen LogP contribution >= 0.6 is 0 Å². The number of benzene rings is 1. The summed E-state index contributed by atoms with van der Waals surface area (Å²) in [7, 11) is 1.55. The highest BCUT2D eigenvalue weighted by Gasteiger charge is 2.62. The Morgan fingerprint density at radius 1 is 1.04 bits per heavy atom. The van der Waals surface area contributed by atoms with Gasteiger partial charge in [-0.25, -0.2) is 0 Å². The maximum Gasteiger partial charge on any atom is 0.327 e. The van der Waals surface area contributed by atoms with Crippen molar-refractivity contribution in [3.63, 3.8) is 0 Å². The number of cyclic esters (lactones) is 2. The van der Waals surface area contributed by atoms with Gasteiger partial charge in [-0.3, -0.25) is 14.4 Å². The molecular weight excluding hydrogens is 312 g/mol. The topological polar surface area (TPSA) is 78.9 Å². The van der Waals surface area contributed by atoms with E-state index in [4.69, 9.17) is 14.2 Å². The van der Waals surface area contributed by atoms with Crippen LogP contribution in [-0.4, -0.2) is 30.6 Å². The Labute approximate surface area is 140 Å². The zero-order valence-electron chi connectivity index (χ0n) is 14.0. The minimum absolute atomic E-state index is 0.0203. The van der Waals surface area contributed by atoms with Gasteiger partial charge in [-0.15, -0.1) is 0 Å². The van der Waals surface area contributed by atoms with Crippen molar-refractivity contribution in [2.45, 2.75) is 44.8 Å². The Kier molecular flexibility index (Phi) is 3.86. The number of esters is 2. The maximum atomic E-state index is 12.8. The smallest absolute Gasteiger partial charge is 0.327 e. The van der Waals surface area contributed by atoms with Crippen LogP contribution in [0.5, 0.6) is 5.75 Å². The highest BCUT2D eigenvalue weighted by atomic mass is 16.7. The summed E-state index contributed by atoms with van der Waals surface area (Å²) in [5, 5.41) is 0. The molecule has 0 bridgehead atoms. The summed E-state index contributed by atoms with van der Waals surface area (Å²) in [6, 6.07) is 7.02. The minimum atomic E-state index is -1.46. The number of methoxy groups -OCH3 is 1. The second kappa shape index (κ2) is 5.61. The first-order valence-electron chi connectivity index (χ1n) is 7.91. The number of ketones is 1. The molecule has 1 aromatic carbocycles. The third-order valence-electron chi connectivity index (χ3n) is 4.75. The average molecular weight is 332 g/mol. The van der Waals surface area contributed by atoms with E-state index >= 15 is 0 Å². The van der Waals surface area contributed by atoms with Crippen molar-refractivity contribution < 1.29 is 28.6 Å². The van der Waals surface area contributed by atoms with E-state index in [1.54, 1.807) is 31.4 Å². The van der Waals surface area contributed by atoms with E-state index in [1.807, 2.05) is 0 Å². The Morgan fingerprint density at radius 2 is 1.62 bits per heavy atom. The second-order valence-corrected chi connectivity index (χ2v) is 6.72. The SMILES string of the molecule is COc1ccc([C@H]2CC(=O)CCC23C(=O)OC(C)(C)OC3=O)cc1. The zero-order chi connectivity index (χ0) is 17.5. The number of Topliss-reactive ketones (excluding diaryl/α,β-unsaturated/α-hetero) is 1. The molecule has 1 aliphatic heterocycles. The summed E-state index contributed by atoms with van der Waals surface area (Å²) < 4.78 is 15.8.